The third kappa shape index (κ3) is 6.56. The topological polar surface area (TPSA) is 53.6 Å². The second-order valence-corrected chi connectivity index (χ2v) is 5.96. The minimum atomic E-state index is -0.0144. The van der Waals surface area contributed by atoms with E-state index < -0.39 is 0 Å². The molecule has 0 unspecified atom stereocenters. The van der Waals surface area contributed by atoms with Crippen molar-refractivity contribution in [1.82, 2.24) is 10.2 Å². The lowest BCUT2D eigenvalue weighted by Crippen LogP contribution is -2.38. The summed E-state index contributed by atoms with van der Waals surface area (Å²) in [6, 6.07) is 7.59. The molecule has 0 aliphatic carbocycles. The van der Waals surface area contributed by atoms with Crippen molar-refractivity contribution in [1.29, 1.82) is 0 Å². The fourth-order valence-electron chi connectivity index (χ4n) is 2.23. The molecular weight excluding hydrogens is 334 g/mol. The van der Waals surface area contributed by atoms with E-state index in [2.05, 4.69) is 31.5 Å². The number of halogens is 1. The second-order valence-electron chi connectivity index (χ2n) is 5.04. The zero-order chi connectivity index (χ0) is 14.9. The Morgan fingerprint density at radius 2 is 2.14 bits per heavy atom. The third-order valence-corrected chi connectivity index (χ3v) is 3.82. The van der Waals surface area contributed by atoms with Gasteiger partial charge in [0.05, 0.1) is 19.8 Å². The summed E-state index contributed by atoms with van der Waals surface area (Å²) in [5.74, 6) is -0.0144. The first-order valence-electron chi connectivity index (χ1n) is 7.30. The number of hydrogen-bond donors (Lipinski definition) is 2. The summed E-state index contributed by atoms with van der Waals surface area (Å²) >= 11 is 3.38. The number of ether oxygens (including phenoxy) is 1. The number of nitrogens with zero attached hydrogens (tertiary/aromatic N) is 1. The number of hydrogen-bond acceptors (Lipinski definition) is 4. The van der Waals surface area contributed by atoms with Crippen molar-refractivity contribution in [2.24, 2.45) is 0 Å². The van der Waals surface area contributed by atoms with E-state index in [4.69, 9.17) is 4.74 Å². The summed E-state index contributed by atoms with van der Waals surface area (Å²) in [6.45, 7) is 5.96. The predicted molar refractivity (Wildman–Crippen MR) is 87.5 cm³/mol. The molecule has 0 atom stereocenters. The van der Waals surface area contributed by atoms with Gasteiger partial charge in [0.2, 0.25) is 5.91 Å². The van der Waals surface area contributed by atoms with Crippen LogP contribution in [0.3, 0.4) is 0 Å². The van der Waals surface area contributed by atoms with Crippen LogP contribution in [0.1, 0.15) is 6.42 Å². The monoisotopic (exact) mass is 355 g/mol. The van der Waals surface area contributed by atoms with Crippen LogP contribution in [0.15, 0.2) is 28.7 Å². The molecule has 116 valence electrons. The number of carbonyl (C=O) groups excluding carboxylic acids is 1. The van der Waals surface area contributed by atoms with Crippen LogP contribution in [-0.2, 0) is 9.53 Å². The number of nitrogens with one attached hydrogen (secondary N) is 2. The quantitative estimate of drug-likeness (QED) is 0.731. The van der Waals surface area contributed by atoms with Crippen LogP contribution in [0.4, 0.5) is 5.69 Å². The molecule has 0 radical (unpaired) electrons. The molecule has 0 bridgehead atoms. The molecule has 1 aliphatic heterocycles. The van der Waals surface area contributed by atoms with E-state index in [-0.39, 0.29) is 5.91 Å². The van der Waals surface area contributed by atoms with E-state index in [1.807, 2.05) is 24.3 Å². The molecule has 21 heavy (non-hydrogen) atoms. The van der Waals surface area contributed by atoms with Gasteiger partial charge in [0, 0.05) is 23.2 Å². The number of amides is 1. The van der Waals surface area contributed by atoms with Crippen LogP contribution in [0.2, 0.25) is 0 Å². The van der Waals surface area contributed by atoms with Crippen LogP contribution in [-0.4, -0.2) is 56.7 Å². The normalized spacial score (nSPS) is 15.9. The highest BCUT2D eigenvalue weighted by molar-refractivity contribution is 9.10. The fraction of sp³-hybridized carbons (Fsp3) is 0.533. The average Bonchev–Trinajstić information content (AvgIpc) is 2.48. The molecule has 1 amide bonds. The Kier molecular flexibility index (Phi) is 7.15. The first-order chi connectivity index (χ1) is 10.2. The van der Waals surface area contributed by atoms with Gasteiger partial charge in [0.1, 0.15) is 0 Å². The maximum atomic E-state index is 11.8. The van der Waals surface area contributed by atoms with E-state index in [9.17, 15) is 4.79 Å². The van der Waals surface area contributed by atoms with Gasteiger partial charge in [-0.1, -0.05) is 22.0 Å². The molecule has 5 nitrogen and oxygen atoms in total. The van der Waals surface area contributed by atoms with Crippen molar-refractivity contribution in [2.45, 2.75) is 6.42 Å². The maximum absolute atomic E-state index is 11.8. The standard InChI is InChI=1S/C15H22BrN3O2/c16-13-3-1-4-14(11-13)18-15(20)12-17-5-2-6-19-7-9-21-10-8-19/h1,3-4,11,17H,2,5-10,12H2,(H,18,20). The average molecular weight is 356 g/mol. The van der Waals surface area contributed by atoms with Gasteiger partial charge in [-0.3, -0.25) is 9.69 Å². The van der Waals surface area contributed by atoms with Crippen molar-refractivity contribution in [2.75, 3.05) is 51.3 Å². The predicted octanol–water partition coefficient (Wildman–Crippen LogP) is 1.70. The first-order valence-corrected chi connectivity index (χ1v) is 8.09. The van der Waals surface area contributed by atoms with E-state index in [0.29, 0.717) is 6.54 Å². The molecule has 2 N–H and O–H groups in total. The van der Waals surface area contributed by atoms with Gasteiger partial charge < -0.3 is 15.4 Å². The number of morpholine rings is 1. The number of anilines is 1. The Morgan fingerprint density at radius 3 is 2.90 bits per heavy atom. The summed E-state index contributed by atoms with van der Waals surface area (Å²) in [4.78, 5) is 14.2. The molecule has 1 aromatic carbocycles. The zero-order valence-corrected chi connectivity index (χ0v) is 13.7. The summed E-state index contributed by atoms with van der Waals surface area (Å²) < 4.78 is 6.27. The molecule has 0 spiro atoms. The SMILES string of the molecule is O=C(CNCCCN1CCOCC1)Nc1cccc(Br)c1. The Balaban J connectivity index is 1.54. The smallest absolute Gasteiger partial charge is 0.238 e. The van der Waals surface area contributed by atoms with Gasteiger partial charge in [-0.15, -0.1) is 0 Å². The maximum Gasteiger partial charge on any atom is 0.238 e. The van der Waals surface area contributed by atoms with Gasteiger partial charge in [-0.25, -0.2) is 0 Å². The Bertz CT molecular complexity index is 450. The lowest BCUT2D eigenvalue weighted by molar-refractivity contribution is -0.115. The highest BCUT2D eigenvalue weighted by Crippen LogP contribution is 2.15. The largest absolute Gasteiger partial charge is 0.379 e. The van der Waals surface area contributed by atoms with Gasteiger partial charge in [-0.05, 0) is 37.7 Å². The lowest BCUT2D eigenvalue weighted by atomic mass is 10.3. The number of carbonyl (C=O) groups is 1. The van der Waals surface area contributed by atoms with Crippen molar-refractivity contribution in [3.63, 3.8) is 0 Å². The Hall–Kier alpha value is -0.950. The van der Waals surface area contributed by atoms with Gasteiger partial charge in [0.15, 0.2) is 0 Å². The number of benzene rings is 1. The molecule has 0 saturated carbocycles. The third-order valence-electron chi connectivity index (χ3n) is 3.33. The second kappa shape index (κ2) is 9.15. The summed E-state index contributed by atoms with van der Waals surface area (Å²) in [6.07, 6.45) is 1.05. The molecule has 1 fully saturated rings. The van der Waals surface area contributed by atoms with Crippen LogP contribution in [0.5, 0.6) is 0 Å². The molecule has 1 aliphatic rings. The molecule has 6 heteroatoms. The van der Waals surface area contributed by atoms with E-state index in [1.165, 1.54) is 0 Å². The molecule has 1 aromatic rings. The molecular formula is C15H22BrN3O2. The van der Waals surface area contributed by atoms with Crippen molar-refractivity contribution in [3.05, 3.63) is 28.7 Å². The minimum absolute atomic E-state index is 0.0144. The number of rotatable bonds is 7. The molecule has 2 rings (SSSR count). The van der Waals surface area contributed by atoms with E-state index in [1.54, 1.807) is 0 Å². The van der Waals surface area contributed by atoms with Crippen LogP contribution in [0.25, 0.3) is 0 Å². The van der Waals surface area contributed by atoms with Crippen LogP contribution >= 0.6 is 15.9 Å². The molecule has 1 heterocycles. The zero-order valence-electron chi connectivity index (χ0n) is 12.1. The van der Waals surface area contributed by atoms with Crippen molar-refractivity contribution in [3.8, 4) is 0 Å². The van der Waals surface area contributed by atoms with E-state index >= 15 is 0 Å². The Labute approximate surface area is 134 Å². The summed E-state index contributed by atoms with van der Waals surface area (Å²) in [5, 5.41) is 6.04. The highest BCUT2D eigenvalue weighted by Gasteiger charge is 2.09. The van der Waals surface area contributed by atoms with Crippen molar-refractivity contribution >= 4 is 27.5 Å². The fourth-order valence-corrected chi connectivity index (χ4v) is 2.63. The van der Waals surface area contributed by atoms with Crippen LogP contribution < -0.4 is 10.6 Å². The van der Waals surface area contributed by atoms with Gasteiger partial charge >= 0.3 is 0 Å². The van der Waals surface area contributed by atoms with Gasteiger partial charge in [0.25, 0.3) is 0 Å². The van der Waals surface area contributed by atoms with Crippen LogP contribution in [0, 0.1) is 0 Å². The van der Waals surface area contributed by atoms with Crippen molar-refractivity contribution < 1.29 is 9.53 Å². The van der Waals surface area contributed by atoms with E-state index in [0.717, 1.165) is 56.0 Å². The molecule has 0 aromatic heterocycles. The Morgan fingerprint density at radius 1 is 1.33 bits per heavy atom. The van der Waals surface area contributed by atoms with Gasteiger partial charge in [-0.2, -0.15) is 0 Å². The lowest BCUT2D eigenvalue weighted by Gasteiger charge is -2.26. The first kappa shape index (κ1) is 16.4. The minimum Gasteiger partial charge on any atom is -0.379 e. The summed E-state index contributed by atoms with van der Waals surface area (Å²) in [7, 11) is 0. The highest BCUT2D eigenvalue weighted by atomic mass is 79.9. The molecule has 1 saturated heterocycles. The summed E-state index contributed by atoms with van der Waals surface area (Å²) in [5.41, 5.74) is 0.810.